The number of halogens is 2. The molecule has 5 heteroatoms. The van der Waals surface area contributed by atoms with Gasteiger partial charge in [-0.1, -0.05) is 24.6 Å². The third-order valence-electron chi connectivity index (χ3n) is 1.97. The standard InChI is InChI=1S/C11H15ClFN3/c1-2-5-15-11(14)16-7-8-3-4-10(13)9(12)6-8/h3-4,6H,2,5,7H2,1H3,(H3,14,15,16). The Kier molecular flexibility index (Phi) is 5.05. The number of benzene rings is 1. The van der Waals surface area contributed by atoms with Gasteiger partial charge in [-0.2, -0.15) is 0 Å². The van der Waals surface area contributed by atoms with Crippen molar-refractivity contribution in [2.45, 2.75) is 19.9 Å². The van der Waals surface area contributed by atoms with Gasteiger partial charge < -0.3 is 11.1 Å². The summed E-state index contributed by atoms with van der Waals surface area (Å²) in [5.41, 5.74) is 6.43. The third kappa shape index (κ3) is 4.06. The lowest BCUT2D eigenvalue weighted by atomic mass is 10.2. The summed E-state index contributed by atoms with van der Waals surface area (Å²) < 4.78 is 12.9. The fraction of sp³-hybridized carbons (Fsp3) is 0.364. The van der Waals surface area contributed by atoms with Crippen molar-refractivity contribution in [1.82, 2.24) is 5.32 Å². The molecule has 0 aliphatic heterocycles. The van der Waals surface area contributed by atoms with E-state index in [2.05, 4.69) is 10.3 Å². The van der Waals surface area contributed by atoms with Crippen molar-refractivity contribution in [2.75, 3.05) is 6.54 Å². The van der Waals surface area contributed by atoms with E-state index in [0.717, 1.165) is 18.5 Å². The zero-order valence-electron chi connectivity index (χ0n) is 9.13. The first-order valence-electron chi connectivity index (χ1n) is 5.11. The number of nitrogens with two attached hydrogens (primary N) is 1. The van der Waals surface area contributed by atoms with Gasteiger partial charge in [0.2, 0.25) is 0 Å². The number of aliphatic imine (C=N–C) groups is 1. The van der Waals surface area contributed by atoms with E-state index in [0.29, 0.717) is 12.5 Å². The molecule has 0 atom stereocenters. The van der Waals surface area contributed by atoms with Crippen LogP contribution in [-0.4, -0.2) is 12.5 Å². The van der Waals surface area contributed by atoms with E-state index >= 15 is 0 Å². The second-order valence-corrected chi connectivity index (χ2v) is 3.78. The highest BCUT2D eigenvalue weighted by atomic mass is 35.5. The van der Waals surface area contributed by atoms with Crippen LogP contribution in [0.3, 0.4) is 0 Å². The maximum Gasteiger partial charge on any atom is 0.188 e. The highest BCUT2D eigenvalue weighted by Crippen LogP contribution is 2.16. The Morgan fingerprint density at radius 1 is 1.56 bits per heavy atom. The molecule has 3 nitrogen and oxygen atoms in total. The Hall–Kier alpha value is -1.29. The van der Waals surface area contributed by atoms with Gasteiger partial charge >= 0.3 is 0 Å². The predicted molar refractivity (Wildman–Crippen MR) is 65.0 cm³/mol. The summed E-state index contributed by atoms with van der Waals surface area (Å²) >= 11 is 5.64. The largest absolute Gasteiger partial charge is 0.370 e. The van der Waals surface area contributed by atoms with Crippen molar-refractivity contribution in [2.24, 2.45) is 10.7 Å². The zero-order valence-corrected chi connectivity index (χ0v) is 9.89. The van der Waals surface area contributed by atoms with Gasteiger partial charge in [-0.15, -0.1) is 0 Å². The van der Waals surface area contributed by atoms with Gasteiger partial charge in [0.25, 0.3) is 0 Å². The fourth-order valence-electron chi connectivity index (χ4n) is 1.12. The van der Waals surface area contributed by atoms with Crippen molar-refractivity contribution in [3.05, 3.63) is 34.6 Å². The highest BCUT2D eigenvalue weighted by molar-refractivity contribution is 6.30. The molecule has 0 heterocycles. The van der Waals surface area contributed by atoms with E-state index in [1.807, 2.05) is 6.92 Å². The Balaban J connectivity index is 2.56. The molecule has 0 aromatic heterocycles. The molecule has 0 unspecified atom stereocenters. The Bertz CT molecular complexity index is 379. The Morgan fingerprint density at radius 3 is 2.94 bits per heavy atom. The number of hydrogen-bond acceptors (Lipinski definition) is 1. The van der Waals surface area contributed by atoms with E-state index in [-0.39, 0.29) is 5.02 Å². The minimum Gasteiger partial charge on any atom is -0.370 e. The van der Waals surface area contributed by atoms with Crippen LogP contribution in [-0.2, 0) is 6.54 Å². The summed E-state index contributed by atoms with van der Waals surface area (Å²) in [6.45, 7) is 3.22. The van der Waals surface area contributed by atoms with Crippen molar-refractivity contribution >= 4 is 17.6 Å². The SMILES string of the molecule is CCCNC(N)=NCc1ccc(F)c(Cl)c1. The van der Waals surface area contributed by atoms with Gasteiger partial charge in [-0.3, -0.25) is 0 Å². The van der Waals surface area contributed by atoms with Crippen molar-refractivity contribution in [3.8, 4) is 0 Å². The monoisotopic (exact) mass is 243 g/mol. The molecule has 16 heavy (non-hydrogen) atoms. The average molecular weight is 244 g/mol. The third-order valence-corrected chi connectivity index (χ3v) is 2.26. The van der Waals surface area contributed by atoms with Crippen molar-refractivity contribution in [1.29, 1.82) is 0 Å². The molecule has 0 spiro atoms. The first kappa shape index (κ1) is 12.8. The number of nitrogens with zero attached hydrogens (tertiary/aromatic N) is 1. The quantitative estimate of drug-likeness (QED) is 0.630. The minimum atomic E-state index is -0.425. The molecule has 88 valence electrons. The lowest BCUT2D eigenvalue weighted by Gasteiger charge is -2.03. The summed E-state index contributed by atoms with van der Waals surface area (Å²) in [5.74, 6) is -0.0335. The van der Waals surface area contributed by atoms with Gasteiger partial charge in [0.1, 0.15) is 5.82 Å². The Labute approximate surface area is 99.5 Å². The molecule has 0 saturated carbocycles. The van der Waals surface area contributed by atoms with Crippen LogP contribution in [0.25, 0.3) is 0 Å². The summed E-state index contributed by atoms with van der Waals surface area (Å²) in [7, 11) is 0. The van der Waals surface area contributed by atoms with Gasteiger partial charge in [-0.25, -0.2) is 9.38 Å². The molecule has 0 saturated heterocycles. The normalized spacial score (nSPS) is 11.6. The molecule has 1 aromatic carbocycles. The number of rotatable bonds is 4. The van der Waals surface area contributed by atoms with E-state index in [4.69, 9.17) is 17.3 Å². The smallest absolute Gasteiger partial charge is 0.188 e. The predicted octanol–water partition coefficient (Wildman–Crippen LogP) is 2.29. The number of nitrogens with one attached hydrogen (secondary N) is 1. The van der Waals surface area contributed by atoms with Gasteiger partial charge in [-0.05, 0) is 24.1 Å². The van der Waals surface area contributed by atoms with Crippen LogP contribution >= 0.6 is 11.6 Å². The molecule has 0 aliphatic rings. The summed E-state index contributed by atoms with van der Waals surface area (Å²) in [4.78, 5) is 4.10. The van der Waals surface area contributed by atoms with E-state index in [1.54, 1.807) is 12.1 Å². The van der Waals surface area contributed by atoms with E-state index < -0.39 is 5.82 Å². The molecule has 0 bridgehead atoms. The van der Waals surface area contributed by atoms with Crippen LogP contribution in [0.1, 0.15) is 18.9 Å². The van der Waals surface area contributed by atoms with Crippen LogP contribution in [0.4, 0.5) is 4.39 Å². The van der Waals surface area contributed by atoms with Crippen LogP contribution < -0.4 is 11.1 Å². The van der Waals surface area contributed by atoms with Crippen molar-refractivity contribution < 1.29 is 4.39 Å². The van der Waals surface area contributed by atoms with Gasteiger partial charge in [0.05, 0.1) is 11.6 Å². The highest BCUT2D eigenvalue weighted by Gasteiger charge is 2.00. The lowest BCUT2D eigenvalue weighted by Crippen LogP contribution is -2.32. The second kappa shape index (κ2) is 6.33. The molecule has 1 rings (SSSR count). The molecule has 0 radical (unpaired) electrons. The molecule has 1 aromatic rings. The first-order valence-corrected chi connectivity index (χ1v) is 5.49. The Morgan fingerprint density at radius 2 is 2.31 bits per heavy atom. The molecule has 0 fully saturated rings. The summed E-state index contributed by atoms with van der Waals surface area (Å²) in [5, 5.41) is 3.05. The average Bonchev–Trinajstić information content (AvgIpc) is 2.28. The zero-order chi connectivity index (χ0) is 12.0. The molecule has 0 aliphatic carbocycles. The second-order valence-electron chi connectivity index (χ2n) is 3.38. The van der Waals surface area contributed by atoms with Gasteiger partial charge in [0, 0.05) is 6.54 Å². The molecule has 3 N–H and O–H groups in total. The van der Waals surface area contributed by atoms with E-state index in [9.17, 15) is 4.39 Å². The maximum atomic E-state index is 12.9. The first-order chi connectivity index (χ1) is 7.63. The number of guanidine groups is 1. The molecule has 0 amide bonds. The lowest BCUT2D eigenvalue weighted by molar-refractivity contribution is 0.627. The molecular weight excluding hydrogens is 229 g/mol. The summed E-state index contributed by atoms with van der Waals surface area (Å²) in [6.07, 6.45) is 0.985. The van der Waals surface area contributed by atoms with E-state index in [1.165, 1.54) is 6.07 Å². The van der Waals surface area contributed by atoms with Crippen LogP contribution in [0.5, 0.6) is 0 Å². The number of hydrogen-bond donors (Lipinski definition) is 2. The van der Waals surface area contributed by atoms with Crippen molar-refractivity contribution in [3.63, 3.8) is 0 Å². The fourth-order valence-corrected chi connectivity index (χ4v) is 1.33. The summed E-state index contributed by atoms with van der Waals surface area (Å²) in [6, 6.07) is 4.51. The van der Waals surface area contributed by atoms with Gasteiger partial charge in [0.15, 0.2) is 5.96 Å². The van der Waals surface area contributed by atoms with Crippen LogP contribution in [0.2, 0.25) is 5.02 Å². The minimum absolute atomic E-state index is 0.104. The maximum absolute atomic E-state index is 12.9. The van der Waals surface area contributed by atoms with Crippen LogP contribution in [0.15, 0.2) is 23.2 Å². The molecular formula is C11H15ClFN3. The van der Waals surface area contributed by atoms with Crippen LogP contribution in [0, 0.1) is 5.82 Å². The topological polar surface area (TPSA) is 50.4 Å².